The fraction of sp³-hybridized carbons (Fsp3) is 0.400. The number of aromatic amines is 1. The van der Waals surface area contributed by atoms with Crippen molar-refractivity contribution < 1.29 is 32.2 Å². The third kappa shape index (κ3) is 3.90. The van der Waals surface area contributed by atoms with Gasteiger partial charge in [0.1, 0.15) is 0 Å². The molecule has 19 heavy (non-hydrogen) atoms. The van der Waals surface area contributed by atoms with Crippen molar-refractivity contribution in [2.75, 3.05) is 13.7 Å². The molecule has 0 bridgehead atoms. The zero-order valence-corrected chi connectivity index (χ0v) is 9.96. The maximum absolute atomic E-state index is 12.0. The number of esters is 1. The van der Waals surface area contributed by atoms with E-state index >= 15 is 0 Å². The summed E-state index contributed by atoms with van der Waals surface area (Å²) < 4.78 is 48.9. The molecule has 0 unspecified atom stereocenters. The van der Waals surface area contributed by atoms with Gasteiger partial charge < -0.3 is 19.2 Å². The number of pyridine rings is 1. The number of carbonyl (C=O) groups excluding carboxylic acids is 1. The number of aromatic nitrogens is 1. The Labute approximate surface area is 105 Å². The number of nitrogens with one attached hydrogen (secondary N) is 1. The van der Waals surface area contributed by atoms with Crippen molar-refractivity contribution in [1.82, 2.24) is 4.98 Å². The van der Waals surface area contributed by atoms with Crippen molar-refractivity contribution in [1.29, 1.82) is 0 Å². The minimum atomic E-state index is -5.02. The Bertz CT molecular complexity index is 523. The van der Waals surface area contributed by atoms with Crippen molar-refractivity contribution in [2.45, 2.75) is 13.3 Å². The van der Waals surface area contributed by atoms with Crippen molar-refractivity contribution in [3.8, 4) is 11.5 Å². The fourth-order valence-electron chi connectivity index (χ4n) is 1.21. The zero-order valence-electron chi connectivity index (χ0n) is 9.96. The van der Waals surface area contributed by atoms with Gasteiger partial charge in [0.25, 0.3) is 5.56 Å². The van der Waals surface area contributed by atoms with Crippen LogP contribution in [0.3, 0.4) is 0 Å². The van der Waals surface area contributed by atoms with Gasteiger partial charge in [-0.25, -0.2) is 4.79 Å². The summed E-state index contributed by atoms with van der Waals surface area (Å²) in [6.45, 7) is 1.56. The van der Waals surface area contributed by atoms with E-state index in [4.69, 9.17) is 4.74 Å². The van der Waals surface area contributed by atoms with Crippen molar-refractivity contribution in [3.63, 3.8) is 0 Å². The van der Waals surface area contributed by atoms with E-state index < -0.39 is 23.6 Å². The molecule has 106 valence electrons. The van der Waals surface area contributed by atoms with Crippen LogP contribution < -0.4 is 15.0 Å². The maximum atomic E-state index is 12.0. The van der Waals surface area contributed by atoms with E-state index in [1.54, 1.807) is 0 Å². The Kier molecular flexibility index (Phi) is 4.41. The summed E-state index contributed by atoms with van der Waals surface area (Å²) in [5, 5.41) is 0. The lowest BCUT2D eigenvalue weighted by Gasteiger charge is -2.11. The van der Waals surface area contributed by atoms with E-state index in [9.17, 15) is 22.8 Å². The number of hydrogen-bond donors (Lipinski definition) is 1. The molecule has 0 aliphatic carbocycles. The second-order valence-electron chi connectivity index (χ2n) is 3.17. The SMILES string of the molecule is CCOC(=O)c1[nH]c(=O)c(OC(F)(F)F)cc1OC. The molecule has 0 amide bonds. The van der Waals surface area contributed by atoms with E-state index in [1.165, 1.54) is 6.92 Å². The maximum Gasteiger partial charge on any atom is 0.573 e. The highest BCUT2D eigenvalue weighted by molar-refractivity contribution is 5.90. The Morgan fingerprint density at radius 2 is 2.00 bits per heavy atom. The predicted octanol–water partition coefficient (Wildman–Crippen LogP) is 1.46. The van der Waals surface area contributed by atoms with Crippen LogP contribution in [-0.4, -0.2) is 31.0 Å². The number of methoxy groups -OCH3 is 1. The Hall–Kier alpha value is -2.19. The average Bonchev–Trinajstić information content (AvgIpc) is 2.29. The van der Waals surface area contributed by atoms with Crippen LogP contribution in [0.2, 0.25) is 0 Å². The molecule has 0 saturated heterocycles. The van der Waals surface area contributed by atoms with Crippen molar-refractivity contribution in [2.24, 2.45) is 0 Å². The first-order valence-electron chi connectivity index (χ1n) is 5.02. The van der Waals surface area contributed by atoms with E-state index in [-0.39, 0.29) is 18.1 Å². The molecular formula is C10H10F3NO5. The molecule has 0 radical (unpaired) electrons. The van der Waals surface area contributed by atoms with E-state index in [2.05, 4.69) is 9.47 Å². The second kappa shape index (κ2) is 5.63. The lowest BCUT2D eigenvalue weighted by Crippen LogP contribution is -2.24. The monoisotopic (exact) mass is 281 g/mol. The van der Waals surface area contributed by atoms with E-state index in [1.807, 2.05) is 4.98 Å². The second-order valence-corrected chi connectivity index (χ2v) is 3.17. The molecular weight excluding hydrogens is 271 g/mol. The van der Waals surface area contributed by atoms with Gasteiger partial charge in [-0.2, -0.15) is 0 Å². The highest BCUT2D eigenvalue weighted by atomic mass is 19.4. The average molecular weight is 281 g/mol. The van der Waals surface area contributed by atoms with Crippen LogP contribution in [0.5, 0.6) is 11.5 Å². The molecule has 1 N–H and O–H groups in total. The first-order chi connectivity index (χ1) is 8.78. The summed E-state index contributed by atoms with van der Waals surface area (Å²) in [5.74, 6) is -2.25. The third-order valence-corrected chi connectivity index (χ3v) is 1.90. The number of carbonyl (C=O) groups is 1. The highest BCUT2D eigenvalue weighted by Crippen LogP contribution is 2.24. The molecule has 1 aromatic rings. The molecule has 0 aliphatic rings. The fourth-order valence-corrected chi connectivity index (χ4v) is 1.21. The minimum absolute atomic E-state index is 0.0326. The summed E-state index contributed by atoms with van der Waals surface area (Å²) >= 11 is 0. The van der Waals surface area contributed by atoms with Gasteiger partial charge in [0.2, 0.25) is 0 Å². The molecule has 0 aliphatic heterocycles. The molecule has 1 rings (SSSR count). The van der Waals surface area contributed by atoms with Crippen molar-refractivity contribution >= 4 is 5.97 Å². The van der Waals surface area contributed by atoms with Crippen LogP contribution in [0, 0.1) is 0 Å². The van der Waals surface area contributed by atoms with Gasteiger partial charge in [0, 0.05) is 6.07 Å². The number of H-pyrrole nitrogens is 1. The number of hydrogen-bond acceptors (Lipinski definition) is 5. The van der Waals surface area contributed by atoms with E-state index in [0.29, 0.717) is 6.07 Å². The summed E-state index contributed by atoms with van der Waals surface area (Å²) in [7, 11) is 1.12. The van der Waals surface area contributed by atoms with Crippen molar-refractivity contribution in [3.05, 3.63) is 22.1 Å². The first-order valence-corrected chi connectivity index (χ1v) is 5.02. The van der Waals surface area contributed by atoms with Crippen LogP contribution in [0.15, 0.2) is 10.9 Å². The summed E-state index contributed by atoms with van der Waals surface area (Å²) in [6, 6.07) is 0.665. The van der Waals surface area contributed by atoms with E-state index in [0.717, 1.165) is 7.11 Å². The highest BCUT2D eigenvalue weighted by Gasteiger charge is 2.33. The standard InChI is InChI=1S/C10H10F3NO5/c1-3-18-9(16)7-5(17-2)4-6(8(15)14-7)19-10(11,12)13/h4H,3H2,1-2H3,(H,14,15). The molecule has 0 aromatic carbocycles. The lowest BCUT2D eigenvalue weighted by atomic mass is 10.3. The molecule has 0 atom stereocenters. The Morgan fingerprint density at radius 1 is 1.37 bits per heavy atom. The van der Waals surface area contributed by atoms with Gasteiger partial charge in [-0.15, -0.1) is 13.2 Å². The van der Waals surface area contributed by atoms with Crippen LogP contribution >= 0.6 is 0 Å². The number of rotatable bonds is 4. The van der Waals surface area contributed by atoms with Crippen LogP contribution in [-0.2, 0) is 4.74 Å². The third-order valence-electron chi connectivity index (χ3n) is 1.90. The quantitative estimate of drug-likeness (QED) is 0.845. The Balaban J connectivity index is 3.22. The van der Waals surface area contributed by atoms with Gasteiger partial charge in [-0.1, -0.05) is 0 Å². The van der Waals surface area contributed by atoms with Crippen LogP contribution in [0.1, 0.15) is 17.4 Å². The molecule has 1 aromatic heterocycles. The van der Waals surface area contributed by atoms with Gasteiger partial charge in [0.15, 0.2) is 17.2 Å². The van der Waals surface area contributed by atoms with Crippen LogP contribution in [0.25, 0.3) is 0 Å². The molecule has 1 heterocycles. The summed E-state index contributed by atoms with van der Waals surface area (Å²) in [5.41, 5.74) is -1.61. The van der Waals surface area contributed by atoms with Gasteiger partial charge in [-0.05, 0) is 6.92 Å². The topological polar surface area (TPSA) is 77.6 Å². The normalized spacial score (nSPS) is 11.0. The molecule has 0 spiro atoms. The minimum Gasteiger partial charge on any atom is -0.494 e. The molecule has 6 nitrogen and oxygen atoms in total. The summed E-state index contributed by atoms with van der Waals surface area (Å²) in [6.07, 6.45) is -5.02. The first kappa shape index (κ1) is 14.9. The predicted molar refractivity (Wildman–Crippen MR) is 56.3 cm³/mol. The molecule has 9 heteroatoms. The largest absolute Gasteiger partial charge is 0.573 e. The Morgan fingerprint density at radius 3 is 2.47 bits per heavy atom. The number of halogens is 3. The lowest BCUT2D eigenvalue weighted by molar-refractivity contribution is -0.275. The van der Waals surface area contributed by atoms with Gasteiger partial charge in [-0.3, -0.25) is 4.79 Å². The molecule has 0 fully saturated rings. The van der Waals surface area contributed by atoms with Crippen LogP contribution in [0.4, 0.5) is 13.2 Å². The zero-order chi connectivity index (χ0) is 14.6. The number of alkyl halides is 3. The number of ether oxygens (including phenoxy) is 3. The smallest absolute Gasteiger partial charge is 0.494 e. The van der Waals surface area contributed by atoms with Gasteiger partial charge >= 0.3 is 12.3 Å². The van der Waals surface area contributed by atoms with Gasteiger partial charge in [0.05, 0.1) is 13.7 Å². The summed E-state index contributed by atoms with van der Waals surface area (Å²) in [4.78, 5) is 24.7. The molecule has 0 saturated carbocycles.